The maximum atomic E-state index is 12.6. The van der Waals surface area contributed by atoms with Gasteiger partial charge in [0.2, 0.25) is 5.91 Å². The molecule has 2 rings (SSSR count). The lowest BCUT2D eigenvalue weighted by atomic mass is 10.1. The lowest BCUT2D eigenvalue weighted by molar-refractivity contribution is -0.132. The minimum Gasteiger partial charge on any atom is -0.337 e. The zero-order chi connectivity index (χ0) is 17.0. The van der Waals surface area contributed by atoms with Crippen molar-refractivity contribution in [2.45, 2.75) is 64.7 Å². The average Bonchev–Trinajstić information content (AvgIpc) is 2.94. The third kappa shape index (κ3) is 4.28. The van der Waals surface area contributed by atoms with Crippen molar-refractivity contribution >= 4 is 28.7 Å². The molecule has 23 heavy (non-hydrogen) atoms. The number of benzene rings is 1. The standard InChI is InChI=1S/C18H27N3OS/c1-6-13(4)21(14(5)7-2)17(22)11-23-18-19-15-9-8-12(3)10-16(15)20-18/h8-10,13-14H,6-7,11H2,1-5H3,(H,19,20)/t13-,14-/m1/s1. The lowest BCUT2D eigenvalue weighted by Crippen LogP contribution is -2.45. The zero-order valence-corrected chi connectivity index (χ0v) is 15.5. The highest BCUT2D eigenvalue weighted by Crippen LogP contribution is 2.22. The third-order valence-electron chi connectivity index (χ3n) is 4.37. The summed E-state index contributed by atoms with van der Waals surface area (Å²) in [6.07, 6.45) is 1.95. The number of nitrogens with one attached hydrogen (secondary N) is 1. The highest BCUT2D eigenvalue weighted by atomic mass is 32.2. The molecule has 2 atom stereocenters. The number of amides is 1. The van der Waals surface area contributed by atoms with Crippen LogP contribution in [0.1, 0.15) is 46.1 Å². The highest BCUT2D eigenvalue weighted by molar-refractivity contribution is 7.99. The van der Waals surface area contributed by atoms with E-state index < -0.39 is 0 Å². The number of rotatable bonds is 7. The number of thioether (sulfide) groups is 1. The molecule has 1 heterocycles. The van der Waals surface area contributed by atoms with E-state index in [1.165, 1.54) is 17.3 Å². The van der Waals surface area contributed by atoms with Crippen LogP contribution in [0.25, 0.3) is 11.0 Å². The topological polar surface area (TPSA) is 49.0 Å². The lowest BCUT2D eigenvalue weighted by Gasteiger charge is -2.33. The second kappa shape index (κ2) is 7.86. The Morgan fingerprint density at radius 1 is 1.26 bits per heavy atom. The van der Waals surface area contributed by atoms with Gasteiger partial charge in [-0.1, -0.05) is 31.7 Å². The summed E-state index contributed by atoms with van der Waals surface area (Å²) in [5, 5.41) is 0.812. The van der Waals surface area contributed by atoms with E-state index in [1.807, 2.05) is 11.0 Å². The first-order valence-electron chi connectivity index (χ1n) is 8.36. The molecule has 126 valence electrons. The molecular weight excluding hydrogens is 306 g/mol. The van der Waals surface area contributed by atoms with E-state index >= 15 is 0 Å². The Balaban J connectivity index is 2.06. The van der Waals surface area contributed by atoms with Crippen molar-refractivity contribution in [2.24, 2.45) is 0 Å². The second-order valence-electron chi connectivity index (χ2n) is 6.17. The number of aryl methyl sites for hydroxylation is 1. The maximum absolute atomic E-state index is 12.6. The summed E-state index contributed by atoms with van der Waals surface area (Å²) in [6.45, 7) is 10.6. The summed E-state index contributed by atoms with van der Waals surface area (Å²) in [5.74, 6) is 0.614. The van der Waals surface area contributed by atoms with E-state index in [9.17, 15) is 4.79 Å². The van der Waals surface area contributed by atoms with E-state index in [4.69, 9.17) is 0 Å². The molecule has 1 N–H and O–H groups in total. The Morgan fingerprint density at radius 3 is 2.52 bits per heavy atom. The molecule has 2 aromatic rings. The highest BCUT2D eigenvalue weighted by Gasteiger charge is 2.23. The number of hydrogen-bond donors (Lipinski definition) is 1. The quantitative estimate of drug-likeness (QED) is 0.765. The van der Waals surface area contributed by atoms with Crippen molar-refractivity contribution in [3.05, 3.63) is 23.8 Å². The fourth-order valence-electron chi connectivity index (χ4n) is 2.69. The van der Waals surface area contributed by atoms with Crippen LogP contribution in [0.4, 0.5) is 0 Å². The number of H-pyrrole nitrogens is 1. The van der Waals surface area contributed by atoms with Crippen molar-refractivity contribution in [2.75, 3.05) is 5.75 Å². The molecule has 0 aliphatic heterocycles. The molecule has 0 fully saturated rings. The van der Waals surface area contributed by atoms with Crippen LogP contribution in [0.15, 0.2) is 23.4 Å². The summed E-state index contributed by atoms with van der Waals surface area (Å²) >= 11 is 1.49. The van der Waals surface area contributed by atoms with E-state index in [-0.39, 0.29) is 18.0 Å². The fraction of sp³-hybridized carbons (Fsp3) is 0.556. The van der Waals surface area contributed by atoms with Crippen LogP contribution in [0, 0.1) is 6.92 Å². The molecule has 0 aliphatic rings. The molecule has 1 amide bonds. The number of aromatic amines is 1. The summed E-state index contributed by atoms with van der Waals surface area (Å²) in [4.78, 5) is 22.5. The van der Waals surface area contributed by atoms with Crippen molar-refractivity contribution in [3.8, 4) is 0 Å². The minimum absolute atomic E-state index is 0.190. The van der Waals surface area contributed by atoms with Gasteiger partial charge < -0.3 is 9.88 Å². The van der Waals surface area contributed by atoms with E-state index in [1.54, 1.807) is 0 Å². The Hall–Kier alpha value is -1.49. The van der Waals surface area contributed by atoms with Crippen LogP contribution in [0.2, 0.25) is 0 Å². The van der Waals surface area contributed by atoms with Gasteiger partial charge in [-0.25, -0.2) is 4.98 Å². The first-order valence-corrected chi connectivity index (χ1v) is 9.35. The van der Waals surface area contributed by atoms with Crippen LogP contribution in [-0.2, 0) is 4.79 Å². The molecule has 5 heteroatoms. The van der Waals surface area contributed by atoms with Gasteiger partial charge in [-0.05, 0) is 51.3 Å². The number of imidazole rings is 1. The molecule has 4 nitrogen and oxygen atoms in total. The summed E-state index contributed by atoms with van der Waals surface area (Å²) < 4.78 is 0. The number of nitrogens with zero attached hydrogens (tertiary/aromatic N) is 2. The molecule has 0 saturated carbocycles. The monoisotopic (exact) mass is 333 g/mol. The SMILES string of the molecule is CC[C@@H](C)N(C(=O)CSc1nc2ccc(C)cc2[nH]1)[C@H](C)CC. The minimum atomic E-state index is 0.190. The molecule has 0 saturated heterocycles. The van der Waals surface area contributed by atoms with Crippen molar-refractivity contribution in [1.29, 1.82) is 0 Å². The van der Waals surface area contributed by atoms with Crippen molar-refractivity contribution in [1.82, 2.24) is 14.9 Å². The summed E-state index contributed by atoms with van der Waals surface area (Å²) in [6, 6.07) is 6.69. The van der Waals surface area contributed by atoms with E-state index in [0.29, 0.717) is 5.75 Å². The van der Waals surface area contributed by atoms with Gasteiger partial charge in [-0.2, -0.15) is 0 Å². The van der Waals surface area contributed by atoms with Crippen LogP contribution in [0.5, 0.6) is 0 Å². The fourth-order valence-corrected chi connectivity index (χ4v) is 3.45. The Kier molecular flexibility index (Phi) is 6.10. The second-order valence-corrected chi connectivity index (χ2v) is 7.13. The van der Waals surface area contributed by atoms with Crippen molar-refractivity contribution in [3.63, 3.8) is 0 Å². The molecule has 1 aromatic carbocycles. The van der Waals surface area contributed by atoms with Crippen LogP contribution in [0.3, 0.4) is 0 Å². The van der Waals surface area contributed by atoms with Gasteiger partial charge in [0.1, 0.15) is 0 Å². The predicted octanol–water partition coefficient (Wildman–Crippen LogP) is 4.39. The molecule has 0 bridgehead atoms. The summed E-state index contributed by atoms with van der Waals surface area (Å²) in [7, 11) is 0. The smallest absolute Gasteiger partial charge is 0.233 e. The number of carbonyl (C=O) groups excluding carboxylic acids is 1. The normalized spacial score (nSPS) is 14.0. The van der Waals surface area contributed by atoms with Crippen LogP contribution < -0.4 is 0 Å². The number of fused-ring (bicyclic) bond motifs is 1. The predicted molar refractivity (Wildman–Crippen MR) is 97.9 cm³/mol. The van der Waals surface area contributed by atoms with E-state index in [2.05, 4.69) is 56.7 Å². The van der Waals surface area contributed by atoms with Gasteiger partial charge in [0.15, 0.2) is 5.16 Å². The van der Waals surface area contributed by atoms with Crippen molar-refractivity contribution < 1.29 is 4.79 Å². The first kappa shape index (κ1) is 17.9. The molecule has 0 spiro atoms. The summed E-state index contributed by atoms with van der Waals surface area (Å²) in [5.41, 5.74) is 3.18. The number of aromatic nitrogens is 2. The van der Waals surface area contributed by atoms with Gasteiger partial charge >= 0.3 is 0 Å². The van der Waals surface area contributed by atoms with Gasteiger partial charge in [-0.3, -0.25) is 4.79 Å². The third-order valence-corrected chi connectivity index (χ3v) is 5.23. The largest absolute Gasteiger partial charge is 0.337 e. The van der Waals surface area contributed by atoms with Gasteiger partial charge in [0.25, 0.3) is 0 Å². The zero-order valence-electron chi connectivity index (χ0n) is 14.7. The van der Waals surface area contributed by atoms with Crippen LogP contribution >= 0.6 is 11.8 Å². The first-order chi connectivity index (χ1) is 11.0. The van der Waals surface area contributed by atoms with E-state index in [0.717, 1.165) is 29.0 Å². The Labute approximate surface area is 143 Å². The Bertz CT molecular complexity index is 657. The number of hydrogen-bond acceptors (Lipinski definition) is 3. The molecule has 1 aromatic heterocycles. The molecular formula is C18H27N3OS. The Morgan fingerprint density at radius 2 is 1.91 bits per heavy atom. The average molecular weight is 334 g/mol. The van der Waals surface area contributed by atoms with Gasteiger partial charge in [0, 0.05) is 12.1 Å². The van der Waals surface area contributed by atoms with Gasteiger partial charge in [0.05, 0.1) is 16.8 Å². The molecule has 0 aliphatic carbocycles. The maximum Gasteiger partial charge on any atom is 0.233 e. The van der Waals surface area contributed by atoms with Crippen LogP contribution in [-0.4, -0.2) is 38.6 Å². The van der Waals surface area contributed by atoms with Gasteiger partial charge in [-0.15, -0.1) is 0 Å². The number of carbonyl (C=O) groups is 1. The molecule has 0 unspecified atom stereocenters. The molecule has 0 radical (unpaired) electrons.